The van der Waals surface area contributed by atoms with Crippen LogP contribution in [0.15, 0.2) is 18.3 Å². The topological polar surface area (TPSA) is 45.7 Å². The number of anilines is 1. The summed E-state index contributed by atoms with van der Waals surface area (Å²) in [6.07, 6.45) is 5.89. The molecule has 1 aromatic rings. The van der Waals surface area contributed by atoms with Crippen LogP contribution in [-0.4, -0.2) is 40.7 Å². The first-order valence-corrected chi connectivity index (χ1v) is 9.97. The smallest absolute Gasteiger partial charge is 0.416 e. The fourth-order valence-electron chi connectivity index (χ4n) is 3.79. The summed E-state index contributed by atoms with van der Waals surface area (Å²) in [5.74, 6) is 1.42. The molecular formula is C21H33N3O2. The first kappa shape index (κ1) is 19.2. The van der Waals surface area contributed by atoms with Crippen molar-refractivity contribution in [3.05, 3.63) is 23.9 Å². The van der Waals surface area contributed by atoms with Crippen LogP contribution in [0.4, 0.5) is 10.6 Å². The van der Waals surface area contributed by atoms with Gasteiger partial charge in [-0.15, -0.1) is 0 Å². The van der Waals surface area contributed by atoms with Crippen LogP contribution in [0.3, 0.4) is 0 Å². The summed E-state index contributed by atoms with van der Waals surface area (Å²) in [6.45, 7) is 12.5. The Morgan fingerprint density at radius 3 is 2.69 bits per heavy atom. The third-order valence-corrected chi connectivity index (χ3v) is 4.87. The van der Waals surface area contributed by atoms with Crippen LogP contribution < -0.4 is 4.90 Å². The molecule has 1 amide bonds. The Kier molecular flexibility index (Phi) is 5.56. The Balaban J connectivity index is 1.90. The number of carbonyl (C=O) groups is 1. The van der Waals surface area contributed by atoms with Gasteiger partial charge in [-0.05, 0) is 65.0 Å². The highest BCUT2D eigenvalue weighted by molar-refractivity contribution is 5.89. The van der Waals surface area contributed by atoms with Gasteiger partial charge in [0, 0.05) is 30.4 Å². The number of pyridine rings is 1. The molecule has 1 aromatic heterocycles. The molecule has 2 aliphatic rings. The minimum absolute atomic E-state index is 0.221. The van der Waals surface area contributed by atoms with Gasteiger partial charge in [-0.1, -0.05) is 19.9 Å². The number of nitrogens with zero attached hydrogens (tertiary/aromatic N) is 3. The van der Waals surface area contributed by atoms with Gasteiger partial charge in [0.25, 0.3) is 0 Å². The maximum Gasteiger partial charge on any atom is 0.416 e. The van der Waals surface area contributed by atoms with Crippen molar-refractivity contribution >= 4 is 11.9 Å². The number of hydrogen-bond acceptors (Lipinski definition) is 4. The zero-order valence-corrected chi connectivity index (χ0v) is 16.9. The highest BCUT2D eigenvalue weighted by Crippen LogP contribution is 2.40. The molecule has 0 spiro atoms. The van der Waals surface area contributed by atoms with Gasteiger partial charge in [-0.2, -0.15) is 0 Å². The van der Waals surface area contributed by atoms with Crippen LogP contribution in [0.1, 0.15) is 71.9 Å². The molecule has 1 saturated heterocycles. The van der Waals surface area contributed by atoms with Gasteiger partial charge in [-0.25, -0.2) is 9.78 Å². The molecule has 0 unspecified atom stereocenters. The molecule has 3 rings (SSSR count). The van der Waals surface area contributed by atoms with Crippen molar-refractivity contribution in [3.63, 3.8) is 0 Å². The SMILES string of the molecule is CC(C)CN1CCC[C@H]1c1cccnc1N(C(=O)OC(C)(C)C)C1CC1. The van der Waals surface area contributed by atoms with E-state index in [9.17, 15) is 4.79 Å². The van der Waals surface area contributed by atoms with Crippen molar-refractivity contribution in [3.8, 4) is 0 Å². The predicted molar refractivity (Wildman–Crippen MR) is 104 cm³/mol. The summed E-state index contributed by atoms with van der Waals surface area (Å²) in [5, 5.41) is 0. The van der Waals surface area contributed by atoms with Crippen LogP contribution in [0.2, 0.25) is 0 Å². The zero-order valence-electron chi connectivity index (χ0n) is 16.9. The number of likely N-dealkylation sites (tertiary alicyclic amines) is 1. The molecule has 1 aliphatic heterocycles. The lowest BCUT2D eigenvalue weighted by molar-refractivity contribution is 0.0575. The summed E-state index contributed by atoms with van der Waals surface area (Å²) in [6, 6.07) is 4.69. The Morgan fingerprint density at radius 1 is 1.35 bits per heavy atom. The van der Waals surface area contributed by atoms with E-state index in [0.717, 1.165) is 38.2 Å². The second-order valence-corrected chi connectivity index (χ2v) is 9.04. The standard InChI is InChI=1S/C21H33N3O2/c1-15(2)14-23-13-7-9-18(23)17-8-6-12-22-19(17)24(16-10-11-16)20(25)26-21(3,4)5/h6,8,12,15-16,18H,7,9-11,13-14H2,1-5H3/t18-/m0/s1. The van der Waals surface area contributed by atoms with Crippen molar-refractivity contribution in [2.45, 2.75) is 78.0 Å². The molecule has 2 fully saturated rings. The zero-order chi connectivity index (χ0) is 18.9. The Bertz CT molecular complexity index is 634. The van der Waals surface area contributed by atoms with E-state index in [4.69, 9.17) is 4.74 Å². The van der Waals surface area contributed by atoms with Crippen LogP contribution in [-0.2, 0) is 4.74 Å². The maximum absolute atomic E-state index is 12.9. The number of hydrogen-bond donors (Lipinski definition) is 0. The van der Waals surface area contributed by atoms with E-state index in [2.05, 4.69) is 29.8 Å². The first-order valence-electron chi connectivity index (χ1n) is 9.97. The van der Waals surface area contributed by atoms with Gasteiger partial charge in [0.05, 0.1) is 0 Å². The van der Waals surface area contributed by atoms with E-state index >= 15 is 0 Å². The number of carbonyl (C=O) groups excluding carboxylic acids is 1. The molecule has 5 nitrogen and oxygen atoms in total. The number of aromatic nitrogens is 1. The molecule has 144 valence electrons. The van der Waals surface area contributed by atoms with Gasteiger partial charge < -0.3 is 4.74 Å². The fourth-order valence-corrected chi connectivity index (χ4v) is 3.79. The van der Waals surface area contributed by atoms with Crippen LogP contribution in [0.25, 0.3) is 0 Å². The number of rotatable bonds is 5. The molecule has 5 heteroatoms. The summed E-state index contributed by atoms with van der Waals surface area (Å²) >= 11 is 0. The minimum Gasteiger partial charge on any atom is -0.443 e. The Labute approximate surface area is 157 Å². The van der Waals surface area contributed by atoms with Crippen molar-refractivity contribution in [2.75, 3.05) is 18.0 Å². The minimum atomic E-state index is -0.504. The summed E-state index contributed by atoms with van der Waals surface area (Å²) in [7, 11) is 0. The summed E-state index contributed by atoms with van der Waals surface area (Å²) in [5.41, 5.74) is 0.666. The largest absolute Gasteiger partial charge is 0.443 e. The lowest BCUT2D eigenvalue weighted by Crippen LogP contribution is -2.40. The molecule has 1 atom stereocenters. The van der Waals surface area contributed by atoms with E-state index in [0.29, 0.717) is 12.0 Å². The van der Waals surface area contributed by atoms with E-state index < -0.39 is 5.60 Å². The Hall–Kier alpha value is -1.62. The van der Waals surface area contributed by atoms with Crippen molar-refractivity contribution < 1.29 is 9.53 Å². The van der Waals surface area contributed by atoms with E-state index in [-0.39, 0.29) is 12.1 Å². The Morgan fingerprint density at radius 2 is 2.08 bits per heavy atom. The predicted octanol–water partition coefficient (Wildman–Crippen LogP) is 4.78. The molecule has 2 heterocycles. The normalized spacial score (nSPS) is 21.2. The second-order valence-electron chi connectivity index (χ2n) is 9.04. The molecule has 0 radical (unpaired) electrons. The monoisotopic (exact) mass is 359 g/mol. The third-order valence-electron chi connectivity index (χ3n) is 4.87. The third kappa shape index (κ3) is 4.56. The van der Waals surface area contributed by atoms with Gasteiger partial charge in [-0.3, -0.25) is 9.80 Å². The maximum atomic E-state index is 12.9. The summed E-state index contributed by atoms with van der Waals surface area (Å²) < 4.78 is 5.70. The average Bonchev–Trinajstić information content (AvgIpc) is 3.25. The first-order chi connectivity index (χ1) is 12.3. The molecular weight excluding hydrogens is 326 g/mol. The number of ether oxygens (including phenoxy) is 1. The fraction of sp³-hybridized carbons (Fsp3) is 0.714. The molecule has 1 aliphatic carbocycles. The second kappa shape index (κ2) is 7.55. The van der Waals surface area contributed by atoms with Gasteiger partial charge in [0.2, 0.25) is 0 Å². The highest BCUT2D eigenvalue weighted by atomic mass is 16.6. The summed E-state index contributed by atoms with van der Waals surface area (Å²) in [4.78, 5) is 21.9. The van der Waals surface area contributed by atoms with Gasteiger partial charge >= 0.3 is 6.09 Å². The lowest BCUT2D eigenvalue weighted by Gasteiger charge is -2.31. The number of amides is 1. The van der Waals surface area contributed by atoms with Crippen molar-refractivity contribution in [1.29, 1.82) is 0 Å². The van der Waals surface area contributed by atoms with Gasteiger partial charge in [0.15, 0.2) is 0 Å². The van der Waals surface area contributed by atoms with Crippen LogP contribution in [0, 0.1) is 5.92 Å². The van der Waals surface area contributed by atoms with E-state index in [1.165, 1.54) is 12.0 Å². The quantitative estimate of drug-likeness (QED) is 0.759. The van der Waals surface area contributed by atoms with Crippen LogP contribution in [0.5, 0.6) is 0 Å². The van der Waals surface area contributed by atoms with Crippen molar-refractivity contribution in [1.82, 2.24) is 9.88 Å². The molecule has 0 N–H and O–H groups in total. The molecule has 26 heavy (non-hydrogen) atoms. The van der Waals surface area contributed by atoms with E-state index in [1.54, 1.807) is 6.20 Å². The molecule has 0 bridgehead atoms. The molecule has 0 aromatic carbocycles. The van der Waals surface area contributed by atoms with Crippen LogP contribution >= 0.6 is 0 Å². The average molecular weight is 360 g/mol. The highest BCUT2D eigenvalue weighted by Gasteiger charge is 2.40. The van der Waals surface area contributed by atoms with Crippen molar-refractivity contribution in [2.24, 2.45) is 5.92 Å². The lowest BCUT2D eigenvalue weighted by atomic mass is 10.0. The molecule has 1 saturated carbocycles. The van der Waals surface area contributed by atoms with Gasteiger partial charge in [0.1, 0.15) is 11.4 Å². The van der Waals surface area contributed by atoms with E-state index in [1.807, 2.05) is 31.7 Å².